The Kier molecular flexibility index (Phi) is 3.04. The molecular weight excluding hydrogens is 236 g/mol. The second kappa shape index (κ2) is 4.26. The van der Waals surface area contributed by atoms with Crippen molar-refractivity contribution in [2.75, 3.05) is 19.6 Å². The number of carboxylic acids is 1. The molecule has 0 atom stereocenters. The fourth-order valence-electron chi connectivity index (χ4n) is 2.11. The maximum atomic E-state index is 12.0. The molecule has 0 bridgehead atoms. The lowest BCUT2D eigenvalue weighted by Gasteiger charge is -2.40. The monoisotopic (exact) mass is 254 g/mol. The number of rotatable bonds is 4. The van der Waals surface area contributed by atoms with Gasteiger partial charge in [0.1, 0.15) is 5.54 Å². The average molecular weight is 254 g/mol. The fourth-order valence-corrected chi connectivity index (χ4v) is 2.11. The molecule has 0 aromatic carbocycles. The van der Waals surface area contributed by atoms with E-state index < -0.39 is 23.3 Å². The van der Waals surface area contributed by atoms with Crippen LogP contribution in [0.5, 0.6) is 0 Å². The zero-order chi connectivity index (χ0) is 13.5. The van der Waals surface area contributed by atoms with E-state index in [0.29, 0.717) is 19.0 Å². The van der Waals surface area contributed by atoms with Crippen molar-refractivity contribution in [1.29, 1.82) is 0 Å². The number of piperazine rings is 1. The summed E-state index contributed by atoms with van der Waals surface area (Å²) in [5, 5.41) is 9.10. The second-order valence-electron chi connectivity index (χ2n) is 5.52. The van der Waals surface area contributed by atoms with E-state index in [1.54, 1.807) is 4.90 Å². The number of amides is 2. The maximum absolute atomic E-state index is 12.0. The van der Waals surface area contributed by atoms with Gasteiger partial charge in [-0.3, -0.25) is 9.59 Å². The molecule has 1 saturated carbocycles. The van der Waals surface area contributed by atoms with Gasteiger partial charge in [-0.15, -0.1) is 0 Å². The molecule has 2 rings (SSSR count). The van der Waals surface area contributed by atoms with E-state index in [4.69, 9.17) is 5.11 Å². The number of hydrogen-bond donors (Lipinski definition) is 1. The van der Waals surface area contributed by atoms with Crippen molar-refractivity contribution in [2.45, 2.75) is 32.2 Å². The Bertz CT molecular complexity index is 401. The van der Waals surface area contributed by atoms with Gasteiger partial charge >= 0.3 is 17.8 Å². The van der Waals surface area contributed by atoms with E-state index in [9.17, 15) is 14.4 Å². The van der Waals surface area contributed by atoms with Crippen LogP contribution in [0.2, 0.25) is 0 Å². The van der Waals surface area contributed by atoms with E-state index >= 15 is 0 Å². The zero-order valence-corrected chi connectivity index (χ0v) is 10.7. The highest BCUT2D eigenvalue weighted by molar-refractivity contribution is 6.36. The van der Waals surface area contributed by atoms with Gasteiger partial charge in [-0.1, -0.05) is 0 Å². The third-order valence-electron chi connectivity index (χ3n) is 3.68. The summed E-state index contributed by atoms with van der Waals surface area (Å²) in [4.78, 5) is 37.7. The van der Waals surface area contributed by atoms with Crippen LogP contribution in [-0.4, -0.2) is 57.9 Å². The van der Waals surface area contributed by atoms with Crippen LogP contribution in [0, 0.1) is 5.92 Å². The summed E-state index contributed by atoms with van der Waals surface area (Å²) in [6.07, 6.45) is 2.23. The van der Waals surface area contributed by atoms with Crippen molar-refractivity contribution < 1.29 is 19.5 Å². The minimum atomic E-state index is -1.33. The van der Waals surface area contributed by atoms with Crippen molar-refractivity contribution in [1.82, 2.24) is 9.80 Å². The minimum absolute atomic E-state index is 0.288. The van der Waals surface area contributed by atoms with Crippen molar-refractivity contribution in [3.8, 4) is 0 Å². The highest BCUT2D eigenvalue weighted by Gasteiger charge is 2.44. The first-order valence-corrected chi connectivity index (χ1v) is 6.18. The Balaban J connectivity index is 2.07. The molecule has 1 aliphatic heterocycles. The van der Waals surface area contributed by atoms with Crippen molar-refractivity contribution in [3.63, 3.8) is 0 Å². The summed E-state index contributed by atoms with van der Waals surface area (Å²) in [6, 6.07) is 0. The van der Waals surface area contributed by atoms with Gasteiger partial charge in [0.2, 0.25) is 0 Å². The number of aliphatic carboxylic acids is 1. The Morgan fingerprint density at radius 1 is 1.28 bits per heavy atom. The van der Waals surface area contributed by atoms with Crippen LogP contribution in [0.15, 0.2) is 0 Å². The first kappa shape index (κ1) is 12.9. The summed E-state index contributed by atoms with van der Waals surface area (Å²) >= 11 is 0. The van der Waals surface area contributed by atoms with Crippen LogP contribution in [0.25, 0.3) is 0 Å². The van der Waals surface area contributed by atoms with Gasteiger partial charge in [0.15, 0.2) is 0 Å². The molecule has 1 N–H and O–H groups in total. The molecule has 6 heteroatoms. The molecular formula is C12H18N2O4. The van der Waals surface area contributed by atoms with Gasteiger partial charge in [0.25, 0.3) is 0 Å². The lowest BCUT2D eigenvalue weighted by Crippen LogP contribution is -2.63. The first-order chi connectivity index (χ1) is 8.34. The molecule has 6 nitrogen and oxygen atoms in total. The number of nitrogens with zero attached hydrogens (tertiary/aromatic N) is 2. The molecule has 2 amide bonds. The van der Waals surface area contributed by atoms with E-state index in [0.717, 1.165) is 17.7 Å². The minimum Gasteiger partial charge on any atom is -0.480 e. The molecule has 1 heterocycles. The highest BCUT2D eigenvalue weighted by Crippen LogP contribution is 2.30. The van der Waals surface area contributed by atoms with Crippen LogP contribution in [0.4, 0.5) is 0 Å². The van der Waals surface area contributed by atoms with Gasteiger partial charge in [0.05, 0.1) is 0 Å². The molecule has 0 aromatic rings. The highest BCUT2D eigenvalue weighted by atomic mass is 16.4. The van der Waals surface area contributed by atoms with E-state index in [2.05, 4.69) is 0 Å². The molecule has 0 radical (unpaired) electrons. The van der Waals surface area contributed by atoms with E-state index in [1.165, 1.54) is 13.8 Å². The Hall–Kier alpha value is -1.59. The second-order valence-corrected chi connectivity index (χ2v) is 5.52. The van der Waals surface area contributed by atoms with Gasteiger partial charge in [-0.2, -0.15) is 0 Å². The number of carbonyl (C=O) groups is 3. The fraction of sp³-hybridized carbons (Fsp3) is 0.750. The van der Waals surface area contributed by atoms with Gasteiger partial charge in [-0.05, 0) is 32.6 Å². The van der Waals surface area contributed by atoms with Crippen LogP contribution in [0.3, 0.4) is 0 Å². The third kappa shape index (κ3) is 2.19. The predicted octanol–water partition coefficient (Wildman–Crippen LogP) is -0.0696. The molecule has 1 saturated heterocycles. The lowest BCUT2D eigenvalue weighted by molar-refractivity contribution is -0.167. The molecule has 0 spiro atoms. The molecule has 1 aliphatic carbocycles. The Morgan fingerprint density at radius 3 is 2.39 bits per heavy atom. The molecule has 2 fully saturated rings. The smallest absolute Gasteiger partial charge is 0.329 e. The van der Waals surface area contributed by atoms with Crippen molar-refractivity contribution in [3.05, 3.63) is 0 Å². The molecule has 0 aromatic heterocycles. The average Bonchev–Trinajstić information content (AvgIpc) is 3.08. The topological polar surface area (TPSA) is 77.9 Å². The molecule has 18 heavy (non-hydrogen) atoms. The van der Waals surface area contributed by atoms with Gasteiger partial charge in [-0.25, -0.2) is 4.79 Å². The number of carboxylic acid groups (broad SMARTS) is 1. The number of hydrogen-bond acceptors (Lipinski definition) is 3. The van der Waals surface area contributed by atoms with Crippen molar-refractivity contribution >= 4 is 17.8 Å². The van der Waals surface area contributed by atoms with Crippen LogP contribution in [0.1, 0.15) is 26.7 Å². The van der Waals surface area contributed by atoms with Crippen LogP contribution >= 0.6 is 0 Å². The zero-order valence-electron chi connectivity index (χ0n) is 10.7. The lowest BCUT2D eigenvalue weighted by atomic mass is 10.0. The van der Waals surface area contributed by atoms with Crippen molar-refractivity contribution in [2.24, 2.45) is 5.92 Å². The Labute approximate surface area is 106 Å². The normalized spacial score (nSPS) is 21.4. The maximum Gasteiger partial charge on any atom is 0.329 e. The first-order valence-electron chi connectivity index (χ1n) is 6.18. The molecule has 100 valence electrons. The standard InChI is InChI=1S/C12H18N2O4/c1-12(2,11(17)18)14-6-5-13(7-8-3-4-8)9(15)10(14)16/h8H,3-7H2,1-2H3,(H,17,18). The third-order valence-corrected chi connectivity index (χ3v) is 3.68. The largest absolute Gasteiger partial charge is 0.480 e. The Morgan fingerprint density at radius 2 is 1.89 bits per heavy atom. The summed E-state index contributed by atoms with van der Waals surface area (Å²) < 4.78 is 0. The number of carbonyl (C=O) groups excluding carboxylic acids is 2. The summed E-state index contributed by atoms with van der Waals surface area (Å²) in [7, 11) is 0. The molecule has 2 aliphatic rings. The molecule has 0 unspecified atom stereocenters. The van der Waals surface area contributed by atoms with Gasteiger partial charge < -0.3 is 14.9 Å². The van der Waals surface area contributed by atoms with E-state index in [1.807, 2.05) is 0 Å². The summed E-state index contributed by atoms with van der Waals surface area (Å²) in [5.41, 5.74) is -1.33. The predicted molar refractivity (Wildman–Crippen MR) is 62.7 cm³/mol. The van der Waals surface area contributed by atoms with Crippen LogP contribution < -0.4 is 0 Å². The van der Waals surface area contributed by atoms with Crippen LogP contribution in [-0.2, 0) is 14.4 Å². The SMILES string of the molecule is CC(C)(C(=O)O)N1CCN(CC2CC2)C(=O)C1=O. The van der Waals surface area contributed by atoms with E-state index in [-0.39, 0.29) is 6.54 Å². The summed E-state index contributed by atoms with van der Waals surface area (Å²) in [6.45, 7) is 4.23. The summed E-state index contributed by atoms with van der Waals surface area (Å²) in [5.74, 6) is -1.84. The quantitative estimate of drug-likeness (QED) is 0.712. The van der Waals surface area contributed by atoms with Gasteiger partial charge in [0, 0.05) is 19.6 Å².